The zero-order valence-corrected chi connectivity index (χ0v) is 12.1. The minimum absolute atomic E-state index is 0.228. The summed E-state index contributed by atoms with van der Waals surface area (Å²) in [7, 11) is 3.28. The number of benzene rings is 1. The van der Waals surface area contributed by atoms with Gasteiger partial charge in [-0.3, -0.25) is 0 Å². The molecule has 4 nitrogen and oxygen atoms in total. The molecule has 0 radical (unpaired) electrons. The van der Waals surface area contributed by atoms with Crippen LogP contribution < -0.4 is 9.47 Å². The van der Waals surface area contributed by atoms with E-state index in [4.69, 9.17) is 14.2 Å². The molecule has 4 heteroatoms. The standard InChI is InChI=1S/C16H22O4/c1-18-14-5-11(6-15(7-14)19-2)8-16(17)9-12-3-4-13(10-16)20-12/h5-7,12-13,17H,3-4,8-10H2,1-2H3. The maximum Gasteiger partial charge on any atom is 0.122 e. The Kier molecular flexibility index (Phi) is 3.61. The van der Waals surface area contributed by atoms with Crippen LogP contribution in [-0.4, -0.2) is 37.1 Å². The lowest BCUT2D eigenvalue weighted by atomic mass is 9.84. The van der Waals surface area contributed by atoms with Crippen molar-refractivity contribution in [3.05, 3.63) is 23.8 Å². The molecule has 2 saturated heterocycles. The van der Waals surface area contributed by atoms with Crippen molar-refractivity contribution < 1.29 is 19.3 Å². The largest absolute Gasteiger partial charge is 0.497 e. The highest BCUT2D eigenvalue weighted by molar-refractivity contribution is 5.39. The van der Waals surface area contributed by atoms with Crippen LogP contribution in [0.15, 0.2) is 18.2 Å². The third-order valence-corrected chi connectivity index (χ3v) is 4.36. The highest BCUT2D eigenvalue weighted by atomic mass is 16.5. The Labute approximate surface area is 119 Å². The fourth-order valence-corrected chi connectivity index (χ4v) is 3.50. The fraction of sp³-hybridized carbons (Fsp3) is 0.625. The molecule has 2 heterocycles. The van der Waals surface area contributed by atoms with Crippen LogP contribution in [0.1, 0.15) is 31.2 Å². The van der Waals surface area contributed by atoms with Gasteiger partial charge < -0.3 is 19.3 Å². The number of hydrogen-bond acceptors (Lipinski definition) is 4. The van der Waals surface area contributed by atoms with Crippen molar-refractivity contribution in [1.29, 1.82) is 0 Å². The summed E-state index contributed by atoms with van der Waals surface area (Å²) in [5, 5.41) is 10.9. The SMILES string of the molecule is COc1cc(CC2(O)CC3CCC(C2)O3)cc(OC)c1. The molecule has 0 aromatic heterocycles. The molecule has 3 rings (SSSR count). The summed E-state index contributed by atoms with van der Waals surface area (Å²) in [5.74, 6) is 1.52. The van der Waals surface area contributed by atoms with Gasteiger partial charge in [0.2, 0.25) is 0 Å². The van der Waals surface area contributed by atoms with E-state index in [-0.39, 0.29) is 12.2 Å². The second-order valence-corrected chi connectivity index (χ2v) is 5.99. The lowest BCUT2D eigenvalue weighted by Crippen LogP contribution is -2.42. The first-order valence-electron chi connectivity index (χ1n) is 7.20. The summed E-state index contributed by atoms with van der Waals surface area (Å²) in [6.45, 7) is 0. The molecule has 1 N–H and O–H groups in total. The molecule has 110 valence electrons. The molecule has 2 fully saturated rings. The highest BCUT2D eigenvalue weighted by Gasteiger charge is 2.43. The molecular weight excluding hydrogens is 256 g/mol. The topological polar surface area (TPSA) is 47.9 Å². The van der Waals surface area contributed by atoms with Crippen LogP contribution in [0.25, 0.3) is 0 Å². The van der Waals surface area contributed by atoms with Gasteiger partial charge in [0.05, 0.1) is 32.0 Å². The Balaban J connectivity index is 1.79. The van der Waals surface area contributed by atoms with Gasteiger partial charge in [-0.15, -0.1) is 0 Å². The van der Waals surface area contributed by atoms with Crippen LogP contribution in [0.5, 0.6) is 11.5 Å². The molecule has 1 aromatic carbocycles. The molecular formula is C16H22O4. The minimum atomic E-state index is -0.665. The van der Waals surface area contributed by atoms with Crippen LogP contribution in [0.2, 0.25) is 0 Å². The van der Waals surface area contributed by atoms with E-state index < -0.39 is 5.60 Å². The molecule has 0 saturated carbocycles. The van der Waals surface area contributed by atoms with Crippen molar-refractivity contribution in [3.8, 4) is 11.5 Å². The van der Waals surface area contributed by atoms with Crippen molar-refractivity contribution in [3.63, 3.8) is 0 Å². The summed E-state index contributed by atoms with van der Waals surface area (Å²) in [6.07, 6.45) is 4.68. The van der Waals surface area contributed by atoms with Gasteiger partial charge in [0.25, 0.3) is 0 Å². The van der Waals surface area contributed by atoms with Gasteiger partial charge in [0, 0.05) is 25.3 Å². The normalized spacial score (nSPS) is 32.1. The smallest absolute Gasteiger partial charge is 0.122 e. The molecule has 2 aliphatic heterocycles. The summed E-state index contributed by atoms with van der Waals surface area (Å²) >= 11 is 0. The Morgan fingerprint density at radius 3 is 2.15 bits per heavy atom. The Bertz CT molecular complexity index is 451. The van der Waals surface area contributed by atoms with E-state index in [9.17, 15) is 5.11 Å². The lowest BCUT2D eigenvalue weighted by Gasteiger charge is -2.36. The van der Waals surface area contributed by atoms with Gasteiger partial charge >= 0.3 is 0 Å². The fourth-order valence-electron chi connectivity index (χ4n) is 3.50. The summed E-state index contributed by atoms with van der Waals surface area (Å²) in [4.78, 5) is 0. The third kappa shape index (κ3) is 2.76. The van der Waals surface area contributed by atoms with Crippen LogP contribution in [-0.2, 0) is 11.2 Å². The van der Waals surface area contributed by atoms with Crippen molar-refractivity contribution in [2.45, 2.75) is 49.9 Å². The highest BCUT2D eigenvalue weighted by Crippen LogP contribution is 2.40. The quantitative estimate of drug-likeness (QED) is 0.918. The van der Waals surface area contributed by atoms with Gasteiger partial charge in [-0.2, -0.15) is 0 Å². The van der Waals surface area contributed by atoms with Crippen molar-refractivity contribution in [1.82, 2.24) is 0 Å². The van der Waals surface area contributed by atoms with Crippen LogP contribution in [0, 0.1) is 0 Å². The van der Waals surface area contributed by atoms with Crippen molar-refractivity contribution >= 4 is 0 Å². The maximum absolute atomic E-state index is 10.9. The molecule has 2 aliphatic rings. The molecule has 0 aliphatic carbocycles. The lowest BCUT2D eigenvalue weighted by molar-refractivity contribution is -0.110. The number of fused-ring (bicyclic) bond motifs is 2. The van der Waals surface area contributed by atoms with E-state index in [0.29, 0.717) is 6.42 Å². The molecule has 2 unspecified atom stereocenters. The first-order chi connectivity index (χ1) is 9.60. The van der Waals surface area contributed by atoms with Crippen molar-refractivity contribution in [2.75, 3.05) is 14.2 Å². The zero-order chi connectivity index (χ0) is 14.2. The number of methoxy groups -OCH3 is 2. The van der Waals surface area contributed by atoms with Gasteiger partial charge in [-0.25, -0.2) is 0 Å². The molecule has 1 aromatic rings. The summed E-state index contributed by atoms with van der Waals surface area (Å²) < 4.78 is 16.4. The number of aliphatic hydroxyl groups is 1. The second-order valence-electron chi connectivity index (χ2n) is 5.99. The molecule has 0 amide bonds. The predicted octanol–water partition coefficient (Wildman–Crippen LogP) is 2.32. The number of ether oxygens (including phenoxy) is 3. The van der Waals surface area contributed by atoms with E-state index in [1.54, 1.807) is 14.2 Å². The van der Waals surface area contributed by atoms with E-state index in [2.05, 4.69) is 0 Å². The number of rotatable bonds is 4. The monoisotopic (exact) mass is 278 g/mol. The maximum atomic E-state index is 10.9. The molecule has 20 heavy (non-hydrogen) atoms. The van der Waals surface area contributed by atoms with Crippen LogP contribution in [0.3, 0.4) is 0 Å². The Hall–Kier alpha value is -1.26. The predicted molar refractivity (Wildman–Crippen MR) is 75.3 cm³/mol. The molecule has 2 atom stereocenters. The van der Waals surface area contributed by atoms with Crippen molar-refractivity contribution in [2.24, 2.45) is 0 Å². The third-order valence-electron chi connectivity index (χ3n) is 4.36. The van der Waals surface area contributed by atoms with Gasteiger partial charge in [0.15, 0.2) is 0 Å². The second kappa shape index (κ2) is 5.26. The van der Waals surface area contributed by atoms with Gasteiger partial charge in [-0.1, -0.05) is 0 Å². The van der Waals surface area contributed by atoms with Gasteiger partial charge in [0.1, 0.15) is 11.5 Å². The number of hydrogen-bond donors (Lipinski definition) is 1. The van der Waals surface area contributed by atoms with Crippen LogP contribution >= 0.6 is 0 Å². The van der Waals surface area contributed by atoms with E-state index in [1.165, 1.54) is 0 Å². The average Bonchev–Trinajstić information content (AvgIpc) is 2.77. The zero-order valence-electron chi connectivity index (χ0n) is 12.1. The van der Waals surface area contributed by atoms with E-state index >= 15 is 0 Å². The first-order valence-corrected chi connectivity index (χ1v) is 7.20. The Morgan fingerprint density at radius 1 is 1.10 bits per heavy atom. The summed E-state index contributed by atoms with van der Waals surface area (Å²) in [5.41, 5.74) is 0.381. The average molecular weight is 278 g/mol. The minimum Gasteiger partial charge on any atom is -0.497 e. The van der Waals surface area contributed by atoms with Crippen LogP contribution in [0.4, 0.5) is 0 Å². The Morgan fingerprint density at radius 2 is 1.65 bits per heavy atom. The van der Waals surface area contributed by atoms with E-state index in [1.807, 2.05) is 18.2 Å². The first kappa shape index (κ1) is 13.7. The molecule has 2 bridgehead atoms. The summed E-state index contributed by atoms with van der Waals surface area (Å²) in [6, 6.07) is 5.79. The van der Waals surface area contributed by atoms with Gasteiger partial charge in [-0.05, 0) is 30.5 Å². The molecule has 0 spiro atoms. The van der Waals surface area contributed by atoms with E-state index in [0.717, 1.165) is 42.7 Å².